The number of rotatable bonds is 10. The fraction of sp³-hybridized carbons (Fsp3) is 0.636. The molecule has 4 aromatic rings. The predicted octanol–water partition coefficient (Wildman–Crippen LogP) is 9.45. The molecule has 2 aromatic heterocycles. The number of benzene rings is 2. The molecule has 0 radical (unpaired) electrons. The number of aromatic carboxylic acids is 1. The first-order valence-electron chi connectivity index (χ1n) is 20.5. The number of aromatic nitrogens is 4. The van der Waals surface area contributed by atoms with Crippen molar-refractivity contribution in [2.75, 3.05) is 13.2 Å². The summed E-state index contributed by atoms with van der Waals surface area (Å²) in [6, 6.07) is 11.1. The fourth-order valence-electron chi connectivity index (χ4n) is 8.39. The lowest BCUT2D eigenvalue weighted by Crippen LogP contribution is -2.34. The summed E-state index contributed by atoms with van der Waals surface area (Å²) >= 11 is 0. The minimum Gasteiger partial charge on any atom is -0.478 e. The predicted molar refractivity (Wildman–Crippen MR) is 214 cm³/mol. The Morgan fingerprint density at radius 2 is 1.20 bits per heavy atom. The van der Waals surface area contributed by atoms with Gasteiger partial charge in [-0.1, -0.05) is 80.1 Å². The van der Waals surface area contributed by atoms with E-state index in [-0.39, 0.29) is 29.9 Å². The lowest BCUT2D eigenvalue weighted by molar-refractivity contribution is -0.0797. The zero-order valence-electron chi connectivity index (χ0n) is 33.8. The number of hydrogen-bond donors (Lipinski definition) is 2. The number of carbonyl (C=O) groups is 2. The van der Waals surface area contributed by atoms with Gasteiger partial charge < -0.3 is 19.3 Å². The largest absolute Gasteiger partial charge is 0.478 e. The van der Waals surface area contributed by atoms with Crippen LogP contribution < -0.4 is 0 Å². The second-order valence-corrected chi connectivity index (χ2v) is 17.9. The Hall–Kier alpha value is -3.76. The van der Waals surface area contributed by atoms with Crippen LogP contribution in [0.25, 0.3) is 22.1 Å². The number of carboxylic acids is 1. The summed E-state index contributed by atoms with van der Waals surface area (Å²) < 4.78 is 4.76. The van der Waals surface area contributed by atoms with Crippen LogP contribution in [-0.4, -0.2) is 65.0 Å². The number of fused-ring (bicyclic) bond motifs is 2. The highest BCUT2D eigenvalue weighted by Crippen LogP contribution is 2.35. The molecule has 2 aliphatic carbocycles. The van der Waals surface area contributed by atoms with E-state index in [4.69, 9.17) is 14.8 Å². The van der Waals surface area contributed by atoms with Crippen LogP contribution in [0.4, 0.5) is 0 Å². The molecule has 1 amide bonds. The standard InChI is InChI=1S/C24H35N3O3.C20H28N2O2/c1-5-23(2,3)22-25-19-13-18(21(28)27-15-24(4,29)16-30-27)11-12-20(19)26(22)14-17-9-7-6-8-10-17;1-4-20(2,3)19-21-16-12-15(18(23)24)10-11-17(16)22(19)13-14-8-6-5-7-9-14/h11-13,17,29H,5-10,14-16H2,1-4H3;10-12,14H,4-9,13H2,1-3H3,(H,23,24)/t24-;/m0./s1. The SMILES string of the molecule is CCC(C)(C)c1nc2cc(C(=O)N3C[C@](C)(O)CO3)ccc2n1CC1CCCCC1.CCC(C)(C)c1nc2cc(C(=O)O)ccc2n1CC1CCCCC1. The van der Waals surface area contributed by atoms with Crippen molar-refractivity contribution in [1.29, 1.82) is 0 Å². The zero-order valence-corrected chi connectivity index (χ0v) is 33.8. The quantitative estimate of drug-likeness (QED) is 0.166. The van der Waals surface area contributed by atoms with E-state index in [9.17, 15) is 19.8 Å². The van der Waals surface area contributed by atoms with E-state index in [1.54, 1.807) is 19.1 Å². The molecule has 10 heteroatoms. The topological polar surface area (TPSA) is 123 Å². The van der Waals surface area contributed by atoms with Crippen LogP contribution in [0, 0.1) is 11.8 Å². The second-order valence-electron chi connectivity index (χ2n) is 17.9. The third-order valence-corrected chi connectivity index (χ3v) is 12.5. The number of hydrogen-bond acceptors (Lipinski definition) is 6. The maximum absolute atomic E-state index is 12.9. The van der Waals surface area contributed by atoms with E-state index in [2.05, 4.69) is 50.7 Å². The summed E-state index contributed by atoms with van der Waals surface area (Å²) in [6.07, 6.45) is 15.2. The van der Waals surface area contributed by atoms with E-state index in [1.165, 1.54) is 69.3 Å². The van der Waals surface area contributed by atoms with Crippen LogP contribution in [0.1, 0.15) is 158 Å². The first kappa shape index (κ1) is 39.9. The van der Waals surface area contributed by atoms with Crippen LogP contribution in [0.15, 0.2) is 36.4 Å². The molecule has 0 spiro atoms. The van der Waals surface area contributed by atoms with Gasteiger partial charge in [-0.05, 0) is 93.7 Å². The molecule has 1 atom stereocenters. The van der Waals surface area contributed by atoms with E-state index in [1.807, 2.05) is 24.3 Å². The Morgan fingerprint density at radius 3 is 1.61 bits per heavy atom. The minimum atomic E-state index is -1.00. The first-order chi connectivity index (χ1) is 25.6. The zero-order chi connectivity index (χ0) is 38.8. The molecule has 2 saturated carbocycles. The molecule has 10 nitrogen and oxygen atoms in total. The van der Waals surface area contributed by atoms with Crippen molar-refractivity contribution in [2.24, 2.45) is 11.8 Å². The van der Waals surface area contributed by atoms with Gasteiger partial charge in [-0.25, -0.2) is 19.8 Å². The highest BCUT2D eigenvalue weighted by atomic mass is 16.7. The summed E-state index contributed by atoms with van der Waals surface area (Å²) in [5, 5.41) is 20.6. The lowest BCUT2D eigenvalue weighted by Gasteiger charge is -2.27. The molecule has 3 fully saturated rings. The summed E-state index contributed by atoms with van der Waals surface area (Å²) in [4.78, 5) is 39.5. The van der Waals surface area contributed by atoms with Crippen LogP contribution in [-0.2, 0) is 28.8 Å². The van der Waals surface area contributed by atoms with E-state index < -0.39 is 11.6 Å². The molecule has 2 N–H and O–H groups in total. The molecule has 2 aromatic carbocycles. The maximum atomic E-state index is 12.9. The molecule has 7 rings (SSSR count). The van der Waals surface area contributed by atoms with E-state index in [0.717, 1.165) is 59.6 Å². The highest BCUT2D eigenvalue weighted by molar-refractivity contribution is 5.97. The van der Waals surface area contributed by atoms with Gasteiger partial charge in [0.2, 0.25) is 0 Å². The van der Waals surface area contributed by atoms with E-state index >= 15 is 0 Å². The van der Waals surface area contributed by atoms with Crippen LogP contribution in [0.2, 0.25) is 0 Å². The lowest BCUT2D eigenvalue weighted by atomic mass is 9.87. The van der Waals surface area contributed by atoms with Crippen molar-refractivity contribution < 1.29 is 24.6 Å². The Bertz CT molecular complexity index is 1940. The fourth-order valence-corrected chi connectivity index (χ4v) is 8.39. The number of aliphatic hydroxyl groups is 1. The van der Waals surface area contributed by atoms with E-state index in [0.29, 0.717) is 23.0 Å². The second kappa shape index (κ2) is 16.1. The number of carboxylic acid groups (broad SMARTS) is 1. The van der Waals surface area contributed by atoms with Crippen molar-refractivity contribution in [3.63, 3.8) is 0 Å². The van der Waals surface area contributed by atoms with Gasteiger partial charge >= 0.3 is 5.97 Å². The molecule has 1 aliphatic heterocycles. The highest BCUT2D eigenvalue weighted by Gasteiger charge is 2.37. The maximum Gasteiger partial charge on any atom is 0.335 e. The van der Waals surface area contributed by atoms with Crippen LogP contribution in [0.3, 0.4) is 0 Å². The molecule has 1 saturated heterocycles. The Morgan fingerprint density at radius 1 is 0.759 bits per heavy atom. The van der Waals surface area contributed by atoms with Gasteiger partial charge in [0.25, 0.3) is 5.91 Å². The van der Waals surface area contributed by atoms with Crippen molar-refractivity contribution >= 4 is 33.9 Å². The Labute approximate surface area is 321 Å². The third-order valence-electron chi connectivity index (χ3n) is 12.5. The summed E-state index contributed by atoms with van der Waals surface area (Å²) in [7, 11) is 0. The smallest absolute Gasteiger partial charge is 0.335 e. The molecular weight excluding hydrogens is 679 g/mol. The number of amides is 1. The average Bonchev–Trinajstić information content (AvgIpc) is 3.85. The number of nitrogens with zero attached hydrogens (tertiary/aromatic N) is 5. The molecule has 0 bridgehead atoms. The first-order valence-corrected chi connectivity index (χ1v) is 20.5. The number of β-amino-alcohol motifs (C(OH)–C–C–N with tert-alkyl or cyclic N) is 1. The van der Waals surface area contributed by atoms with Gasteiger partial charge in [-0.3, -0.25) is 9.63 Å². The van der Waals surface area contributed by atoms with Gasteiger partial charge in [0.05, 0.1) is 34.2 Å². The molecule has 294 valence electrons. The summed E-state index contributed by atoms with van der Waals surface area (Å²) in [5.41, 5.74) is 3.64. The van der Waals surface area contributed by atoms with Gasteiger partial charge in [0, 0.05) is 29.5 Å². The molecule has 3 heterocycles. The normalized spacial score (nSPS) is 20.4. The number of imidazole rings is 2. The molecule has 3 aliphatic rings. The summed E-state index contributed by atoms with van der Waals surface area (Å²) in [6.45, 7) is 17.3. The van der Waals surface area contributed by atoms with Crippen LogP contribution in [0.5, 0.6) is 0 Å². The van der Waals surface area contributed by atoms with Gasteiger partial charge in [0.15, 0.2) is 0 Å². The molecular formula is C44H63N5O5. The van der Waals surface area contributed by atoms with Gasteiger partial charge in [0.1, 0.15) is 23.9 Å². The monoisotopic (exact) mass is 741 g/mol. The third kappa shape index (κ3) is 8.70. The Balaban J connectivity index is 0.000000189. The van der Waals surface area contributed by atoms with Gasteiger partial charge in [-0.2, -0.15) is 0 Å². The average molecular weight is 742 g/mol. The van der Waals surface area contributed by atoms with Crippen molar-refractivity contribution in [3.05, 3.63) is 59.2 Å². The van der Waals surface area contributed by atoms with Crippen LogP contribution >= 0.6 is 0 Å². The molecule has 54 heavy (non-hydrogen) atoms. The Kier molecular flexibility index (Phi) is 11.9. The summed E-state index contributed by atoms with van der Waals surface area (Å²) in [5.74, 6) is 2.48. The molecule has 0 unspecified atom stereocenters. The van der Waals surface area contributed by atoms with Crippen molar-refractivity contribution in [2.45, 2.75) is 155 Å². The van der Waals surface area contributed by atoms with Crippen molar-refractivity contribution in [3.8, 4) is 0 Å². The number of carbonyl (C=O) groups excluding carboxylic acids is 1. The number of hydroxylamine groups is 2. The van der Waals surface area contributed by atoms with Crippen molar-refractivity contribution in [1.82, 2.24) is 24.2 Å². The minimum absolute atomic E-state index is 0.0168. The van der Waals surface area contributed by atoms with Gasteiger partial charge in [-0.15, -0.1) is 0 Å².